The third-order valence-electron chi connectivity index (χ3n) is 2.73. The Labute approximate surface area is 130 Å². The van der Waals surface area contributed by atoms with Gasteiger partial charge in [-0.25, -0.2) is 4.79 Å². The number of nitrogen functional groups attached to an aromatic ring is 1. The Balaban J connectivity index is 2.10. The van der Waals surface area contributed by atoms with Gasteiger partial charge in [0.15, 0.2) is 0 Å². The third kappa shape index (κ3) is 3.58. The zero-order valence-electron chi connectivity index (χ0n) is 11.2. The number of rotatable bonds is 4. The highest BCUT2D eigenvalue weighted by molar-refractivity contribution is 6.33. The summed E-state index contributed by atoms with van der Waals surface area (Å²) in [5.41, 5.74) is 6.25. The summed E-state index contributed by atoms with van der Waals surface area (Å²) in [5, 5.41) is 13.2. The second kappa shape index (κ2) is 6.68. The minimum Gasteiger partial charge on any atom is -0.284 e. The standard InChI is InChI=1S/C14H10ClN3O4/c15-12-4-2-1-3-11(12)13(16)17-22-14(19)9-5-7-10(8-6-9)18(20)21/h1-8H,(H2,16,17)/p+1. The van der Waals surface area contributed by atoms with Gasteiger partial charge in [-0.1, -0.05) is 28.9 Å². The van der Waals surface area contributed by atoms with Crippen LogP contribution < -0.4 is 10.9 Å². The van der Waals surface area contributed by atoms with Crippen molar-refractivity contribution in [3.63, 3.8) is 0 Å². The molecule has 0 spiro atoms. The Morgan fingerprint density at radius 2 is 1.82 bits per heavy atom. The number of non-ortho nitro benzene ring substituents is 1. The van der Waals surface area contributed by atoms with E-state index < -0.39 is 10.9 Å². The first-order chi connectivity index (χ1) is 10.5. The molecule has 2 rings (SSSR count). The van der Waals surface area contributed by atoms with Gasteiger partial charge in [-0.3, -0.25) is 20.7 Å². The van der Waals surface area contributed by atoms with E-state index in [-0.39, 0.29) is 17.1 Å². The van der Waals surface area contributed by atoms with Gasteiger partial charge < -0.3 is 0 Å². The van der Waals surface area contributed by atoms with Crippen molar-refractivity contribution >= 4 is 29.1 Å². The molecule has 112 valence electrons. The SMILES string of the molecule is NC(=[NH+]OC(=O)c1ccc([N+](=O)[O-])cc1)c1ccccc1Cl. The Hall–Kier alpha value is -2.93. The maximum absolute atomic E-state index is 11.8. The van der Waals surface area contributed by atoms with Crippen LogP contribution in [0.4, 0.5) is 5.69 Å². The van der Waals surface area contributed by atoms with Crippen LogP contribution in [-0.4, -0.2) is 16.7 Å². The van der Waals surface area contributed by atoms with E-state index in [1.54, 1.807) is 24.3 Å². The van der Waals surface area contributed by atoms with Crippen LogP contribution in [0.1, 0.15) is 15.9 Å². The molecule has 0 bridgehead atoms. The number of hydrogen-bond donors (Lipinski definition) is 2. The molecule has 0 aromatic heterocycles. The molecule has 7 nitrogen and oxygen atoms in total. The van der Waals surface area contributed by atoms with E-state index >= 15 is 0 Å². The molecule has 0 saturated carbocycles. The molecule has 0 aliphatic carbocycles. The van der Waals surface area contributed by atoms with Gasteiger partial charge in [-0.15, -0.1) is 0 Å². The van der Waals surface area contributed by atoms with Crippen molar-refractivity contribution in [1.29, 1.82) is 0 Å². The summed E-state index contributed by atoms with van der Waals surface area (Å²) in [5.74, 6) is -0.661. The molecule has 0 saturated heterocycles. The van der Waals surface area contributed by atoms with Gasteiger partial charge in [-0.2, -0.15) is 0 Å². The number of nitrogens with zero attached hydrogens (tertiary/aromatic N) is 1. The van der Waals surface area contributed by atoms with Crippen molar-refractivity contribution < 1.29 is 19.7 Å². The lowest BCUT2D eigenvalue weighted by atomic mass is 10.2. The van der Waals surface area contributed by atoms with Crippen LogP contribution in [0, 0.1) is 10.1 Å². The summed E-state index contributed by atoms with van der Waals surface area (Å²) < 4.78 is 0. The monoisotopic (exact) mass is 320 g/mol. The van der Waals surface area contributed by atoms with Gasteiger partial charge in [-0.05, 0) is 24.3 Å². The molecule has 0 heterocycles. The van der Waals surface area contributed by atoms with Crippen molar-refractivity contribution in [3.05, 3.63) is 74.8 Å². The number of nitro benzene ring substituents is 1. The van der Waals surface area contributed by atoms with Crippen molar-refractivity contribution in [2.24, 2.45) is 5.73 Å². The molecule has 3 N–H and O–H groups in total. The van der Waals surface area contributed by atoms with E-state index in [2.05, 4.69) is 5.16 Å². The zero-order chi connectivity index (χ0) is 16.1. The third-order valence-corrected chi connectivity index (χ3v) is 3.06. The van der Waals surface area contributed by atoms with Crippen molar-refractivity contribution in [3.8, 4) is 0 Å². The van der Waals surface area contributed by atoms with E-state index in [0.717, 1.165) is 0 Å². The van der Waals surface area contributed by atoms with Gasteiger partial charge in [0, 0.05) is 12.1 Å². The number of hydrogen-bond acceptors (Lipinski definition) is 4. The van der Waals surface area contributed by atoms with E-state index in [4.69, 9.17) is 22.2 Å². The summed E-state index contributed by atoms with van der Waals surface area (Å²) in [6, 6.07) is 11.8. The number of amidine groups is 1. The number of benzene rings is 2. The van der Waals surface area contributed by atoms with Gasteiger partial charge in [0.1, 0.15) is 0 Å². The lowest BCUT2D eigenvalue weighted by Crippen LogP contribution is -2.75. The highest BCUT2D eigenvalue weighted by atomic mass is 35.5. The quantitative estimate of drug-likeness (QED) is 0.285. The Morgan fingerprint density at radius 3 is 2.41 bits per heavy atom. The minimum absolute atomic E-state index is 0.0702. The number of carbonyl (C=O) groups is 1. The van der Waals surface area contributed by atoms with Gasteiger partial charge >= 0.3 is 11.8 Å². The minimum atomic E-state index is -0.732. The summed E-state index contributed by atoms with van der Waals surface area (Å²) in [6.07, 6.45) is 0. The molecule has 2 aromatic carbocycles. The maximum Gasteiger partial charge on any atom is 0.387 e. The molecule has 0 aliphatic rings. The van der Waals surface area contributed by atoms with E-state index in [9.17, 15) is 14.9 Å². The molecule has 0 unspecified atom stereocenters. The average molecular weight is 321 g/mol. The van der Waals surface area contributed by atoms with E-state index in [1.165, 1.54) is 24.3 Å². The molecule has 0 aliphatic heterocycles. The lowest BCUT2D eigenvalue weighted by molar-refractivity contribution is -0.721. The van der Waals surface area contributed by atoms with Gasteiger partial charge in [0.25, 0.3) is 5.69 Å². The molecule has 0 amide bonds. The summed E-state index contributed by atoms with van der Waals surface area (Å²) in [7, 11) is 0. The van der Waals surface area contributed by atoms with Crippen LogP contribution in [0.3, 0.4) is 0 Å². The molecule has 22 heavy (non-hydrogen) atoms. The average Bonchev–Trinajstić information content (AvgIpc) is 2.52. The highest BCUT2D eigenvalue weighted by Gasteiger charge is 2.14. The lowest BCUT2D eigenvalue weighted by Gasteiger charge is -1.99. The van der Waals surface area contributed by atoms with Crippen LogP contribution in [0.2, 0.25) is 5.02 Å². The Kier molecular flexibility index (Phi) is 4.70. The molecule has 0 radical (unpaired) electrons. The van der Waals surface area contributed by atoms with Gasteiger partial charge in [0.2, 0.25) is 0 Å². The van der Waals surface area contributed by atoms with E-state index in [1.807, 2.05) is 0 Å². The predicted octanol–water partition coefficient (Wildman–Crippen LogP) is 0.806. The van der Waals surface area contributed by atoms with Crippen molar-refractivity contribution in [2.45, 2.75) is 0 Å². The second-order valence-corrected chi connectivity index (χ2v) is 4.60. The number of halogens is 1. The fourth-order valence-electron chi connectivity index (χ4n) is 1.61. The Morgan fingerprint density at radius 1 is 1.18 bits per heavy atom. The smallest absolute Gasteiger partial charge is 0.284 e. The largest absolute Gasteiger partial charge is 0.387 e. The van der Waals surface area contributed by atoms with Gasteiger partial charge in [0.05, 0.1) is 21.1 Å². The fourth-order valence-corrected chi connectivity index (χ4v) is 1.85. The summed E-state index contributed by atoms with van der Waals surface area (Å²) in [6.45, 7) is 0. The summed E-state index contributed by atoms with van der Waals surface area (Å²) >= 11 is 5.95. The number of nitrogens with two attached hydrogens (primary N) is 1. The van der Waals surface area contributed by atoms with Crippen LogP contribution >= 0.6 is 11.6 Å². The second-order valence-electron chi connectivity index (χ2n) is 4.19. The topological polar surface area (TPSA) is 109 Å². The number of nitro groups is 1. The Bertz CT molecular complexity index is 744. The summed E-state index contributed by atoms with van der Waals surface area (Å²) in [4.78, 5) is 26.6. The fraction of sp³-hybridized carbons (Fsp3) is 0. The van der Waals surface area contributed by atoms with Crippen molar-refractivity contribution in [1.82, 2.24) is 0 Å². The van der Waals surface area contributed by atoms with E-state index in [0.29, 0.717) is 10.6 Å². The molecular formula is C14H11ClN3O4+. The first kappa shape index (κ1) is 15.5. The normalized spacial score (nSPS) is 11.0. The maximum atomic E-state index is 11.8. The van der Waals surface area contributed by atoms with Crippen LogP contribution in [0.5, 0.6) is 0 Å². The first-order valence-electron chi connectivity index (χ1n) is 6.08. The zero-order valence-corrected chi connectivity index (χ0v) is 11.9. The molecule has 0 fully saturated rings. The van der Waals surface area contributed by atoms with Crippen LogP contribution in [0.15, 0.2) is 48.5 Å². The molecule has 0 atom stereocenters. The number of nitrogens with one attached hydrogen (secondary N) is 1. The van der Waals surface area contributed by atoms with Crippen LogP contribution in [-0.2, 0) is 4.84 Å². The molecule has 2 aromatic rings. The van der Waals surface area contributed by atoms with Crippen LogP contribution in [0.25, 0.3) is 0 Å². The molecule has 8 heteroatoms. The molecular weight excluding hydrogens is 310 g/mol. The first-order valence-corrected chi connectivity index (χ1v) is 6.46. The highest BCUT2D eigenvalue weighted by Crippen LogP contribution is 2.13. The van der Waals surface area contributed by atoms with Crippen molar-refractivity contribution in [2.75, 3.05) is 0 Å². The predicted molar refractivity (Wildman–Crippen MR) is 79.2 cm³/mol. The number of carbonyl (C=O) groups excluding carboxylic acids is 1.